The van der Waals surface area contributed by atoms with Gasteiger partial charge in [-0.2, -0.15) is 0 Å². The van der Waals surface area contributed by atoms with Gasteiger partial charge in [-0.05, 0) is 31.2 Å². The minimum atomic E-state index is -0.991. The summed E-state index contributed by atoms with van der Waals surface area (Å²) in [5, 5.41) is 3.83. The van der Waals surface area contributed by atoms with E-state index in [9.17, 15) is 4.21 Å². The minimum Gasteiger partial charge on any atom is -0.316 e. The molecule has 0 aliphatic carbocycles. The van der Waals surface area contributed by atoms with Crippen LogP contribution in [0.25, 0.3) is 0 Å². The zero-order valence-corrected chi connectivity index (χ0v) is 11.4. The fraction of sp³-hybridized carbons (Fsp3) is 0.500. The highest BCUT2D eigenvalue weighted by Crippen LogP contribution is 2.15. The highest BCUT2D eigenvalue weighted by Gasteiger charge is 2.15. The van der Waals surface area contributed by atoms with Crippen molar-refractivity contribution >= 4 is 22.4 Å². The van der Waals surface area contributed by atoms with Crippen LogP contribution in [0.5, 0.6) is 0 Å². The van der Waals surface area contributed by atoms with E-state index in [1.54, 1.807) is 12.1 Å². The molecule has 2 nitrogen and oxygen atoms in total. The third-order valence-electron chi connectivity index (χ3n) is 2.57. The summed E-state index contributed by atoms with van der Waals surface area (Å²) >= 11 is 5.87. The molecular weight excluding hydrogens is 242 g/mol. The number of halogens is 1. The van der Waals surface area contributed by atoms with E-state index in [-0.39, 0.29) is 6.04 Å². The van der Waals surface area contributed by atoms with Crippen LogP contribution in [0.2, 0.25) is 5.02 Å². The van der Waals surface area contributed by atoms with E-state index in [4.69, 9.17) is 11.6 Å². The highest BCUT2D eigenvalue weighted by atomic mass is 35.5. The van der Waals surface area contributed by atoms with Gasteiger partial charge in [-0.25, -0.2) is 0 Å². The van der Waals surface area contributed by atoms with Crippen LogP contribution in [0, 0.1) is 5.92 Å². The zero-order valence-electron chi connectivity index (χ0n) is 9.87. The number of hydrogen-bond donors (Lipinski definition) is 1. The zero-order chi connectivity index (χ0) is 12.1. The van der Waals surface area contributed by atoms with Crippen molar-refractivity contribution < 1.29 is 4.21 Å². The Bertz CT molecular complexity index is 368. The molecule has 0 aliphatic rings. The summed E-state index contributed by atoms with van der Waals surface area (Å²) in [6.07, 6.45) is 0. The lowest BCUT2D eigenvalue weighted by molar-refractivity contribution is 0.462. The van der Waals surface area contributed by atoms with Crippen LogP contribution < -0.4 is 5.32 Å². The Balaban J connectivity index is 2.72. The molecule has 0 heterocycles. The smallest absolute Gasteiger partial charge is 0.0545 e. The molecule has 0 radical (unpaired) electrons. The van der Waals surface area contributed by atoms with Crippen LogP contribution in [-0.2, 0) is 10.8 Å². The van der Waals surface area contributed by atoms with Gasteiger partial charge in [0.25, 0.3) is 0 Å². The molecule has 0 spiro atoms. The van der Waals surface area contributed by atoms with Crippen LogP contribution in [0.4, 0.5) is 0 Å². The Morgan fingerprint density at radius 3 is 2.62 bits per heavy atom. The molecule has 2 unspecified atom stereocenters. The van der Waals surface area contributed by atoms with Gasteiger partial charge in [-0.1, -0.05) is 31.5 Å². The summed E-state index contributed by atoms with van der Waals surface area (Å²) in [6.45, 7) is 4.24. The molecule has 1 rings (SSSR count). The van der Waals surface area contributed by atoms with Gasteiger partial charge in [-0.15, -0.1) is 0 Å². The minimum absolute atomic E-state index is 0.264. The quantitative estimate of drug-likeness (QED) is 0.881. The van der Waals surface area contributed by atoms with Gasteiger partial charge < -0.3 is 5.32 Å². The lowest BCUT2D eigenvalue weighted by Crippen LogP contribution is -2.35. The first-order valence-corrected chi connectivity index (χ1v) is 7.05. The standard InChI is InChI=1S/C12H18ClNOS/c1-9(2)12(14-3)8-16(15)11-6-4-5-10(13)7-11/h4-7,9,12,14H,8H2,1-3H3. The summed E-state index contributed by atoms with van der Waals surface area (Å²) in [5.74, 6) is 1.09. The fourth-order valence-electron chi connectivity index (χ4n) is 1.48. The molecule has 2 atom stereocenters. The van der Waals surface area contributed by atoms with Gasteiger partial charge in [0, 0.05) is 21.7 Å². The van der Waals surface area contributed by atoms with Crippen molar-refractivity contribution in [3.63, 3.8) is 0 Å². The van der Waals surface area contributed by atoms with Crippen LogP contribution in [0.3, 0.4) is 0 Å². The predicted octanol–water partition coefficient (Wildman–Crippen LogP) is 2.69. The van der Waals surface area contributed by atoms with E-state index in [1.807, 2.05) is 19.2 Å². The summed E-state index contributed by atoms with van der Waals surface area (Å²) in [7, 11) is 0.911. The molecule has 1 aromatic carbocycles. The van der Waals surface area contributed by atoms with Crippen molar-refractivity contribution in [2.45, 2.75) is 24.8 Å². The van der Waals surface area contributed by atoms with E-state index in [1.165, 1.54) is 0 Å². The van der Waals surface area contributed by atoms with Gasteiger partial charge in [0.05, 0.1) is 10.8 Å². The maximum absolute atomic E-state index is 12.1. The maximum atomic E-state index is 12.1. The van der Waals surface area contributed by atoms with Gasteiger partial charge in [0.15, 0.2) is 0 Å². The summed E-state index contributed by atoms with van der Waals surface area (Å²) < 4.78 is 12.1. The van der Waals surface area contributed by atoms with Gasteiger partial charge >= 0.3 is 0 Å². The Hall–Kier alpha value is -0.380. The first-order valence-electron chi connectivity index (χ1n) is 5.35. The Morgan fingerprint density at radius 2 is 2.12 bits per heavy atom. The molecule has 0 saturated carbocycles. The Labute approximate surface area is 105 Å². The van der Waals surface area contributed by atoms with Crippen molar-refractivity contribution in [1.29, 1.82) is 0 Å². The van der Waals surface area contributed by atoms with E-state index >= 15 is 0 Å². The monoisotopic (exact) mass is 259 g/mol. The fourth-order valence-corrected chi connectivity index (χ4v) is 3.29. The van der Waals surface area contributed by atoms with Gasteiger partial charge in [-0.3, -0.25) is 4.21 Å². The van der Waals surface area contributed by atoms with Crippen LogP contribution in [0.1, 0.15) is 13.8 Å². The second-order valence-corrected chi connectivity index (χ2v) is 6.04. The van der Waals surface area contributed by atoms with Gasteiger partial charge in [0.2, 0.25) is 0 Å². The van der Waals surface area contributed by atoms with Crippen molar-refractivity contribution in [3.8, 4) is 0 Å². The van der Waals surface area contributed by atoms with Crippen molar-refractivity contribution in [3.05, 3.63) is 29.3 Å². The van der Waals surface area contributed by atoms with Crippen LogP contribution in [0.15, 0.2) is 29.2 Å². The van der Waals surface area contributed by atoms with E-state index < -0.39 is 10.8 Å². The van der Waals surface area contributed by atoms with E-state index in [2.05, 4.69) is 19.2 Å². The largest absolute Gasteiger partial charge is 0.316 e. The molecule has 0 aliphatic heterocycles. The van der Waals surface area contributed by atoms with Gasteiger partial charge in [0.1, 0.15) is 0 Å². The Kier molecular flexibility index (Phi) is 5.46. The number of rotatable bonds is 5. The summed E-state index contributed by atoms with van der Waals surface area (Å²) in [6, 6.07) is 7.51. The molecular formula is C12H18ClNOS. The first-order chi connectivity index (χ1) is 7.54. The second kappa shape index (κ2) is 6.38. The summed E-state index contributed by atoms with van der Waals surface area (Å²) in [4.78, 5) is 0.799. The lowest BCUT2D eigenvalue weighted by Gasteiger charge is -2.19. The predicted molar refractivity (Wildman–Crippen MR) is 70.4 cm³/mol. The molecule has 1 aromatic rings. The maximum Gasteiger partial charge on any atom is 0.0545 e. The molecule has 0 fully saturated rings. The topological polar surface area (TPSA) is 29.1 Å². The SMILES string of the molecule is CNC(CS(=O)c1cccc(Cl)c1)C(C)C. The molecule has 1 N–H and O–H groups in total. The second-order valence-electron chi connectivity index (χ2n) is 4.11. The van der Waals surface area contributed by atoms with Crippen molar-refractivity contribution in [2.75, 3.05) is 12.8 Å². The normalized spacial score (nSPS) is 15.1. The average Bonchev–Trinajstić information content (AvgIpc) is 2.25. The molecule has 0 amide bonds. The van der Waals surface area contributed by atoms with Crippen LogP contribution >= 0.6 is 11.6 Å². The number of benzene rings is 1. The Morgan fingerprint density at radius 1 is 1.44 bits per heavy atom. The third kappa shape index (κ3) is 3.89. The van der Waals surface area contributed by atoms with Crippen molar-refractivity contribution in [2.24, 2.45) is 5.92 Å². The summed E-state index contributed by atoms with van der Waals surface area (Å²) in [5.41, 5.74) is 0. The molecule has 16 heavy (non-hydrogen) atoms. The molecule has 90 valence electrons. The van der Waals surface area contributed by atoms with Crippen LogP contribution in [-0.4, -0.2) is 23.1 Å². The lowest BCUT2D eigenvalue weighted by atomic mass is 10.1. The molecule has 4 heteroatoms. The molecule has 0 aromatic heterocycles. The van der Waals surface area contributed by atoms with E-state index in [0.29, 0.717) is 16.7 Å². The molecule has 0 saturated heterocycles. The average molecular weight is 260 g/mol. The van der Waals surface area contributed by atoms with Crippen molar-refractivity contribution in [1.82, 2.24) is 5.32 Å². The van der Waals surface area contributed by atoms with E-state index in [0.717, 1.165) is 4.90 Å². The number of nitrogens with one attached hydrogen (secondary N) is 1. The highest BCUT2D eigenvalue weighted by molar-refractivity contribution is 7.85. The first kappa shape index (κ1) is 13.7. The third-order valence-corrected chi connectivity index (χ3v) is 4.24. The number of hydrogen-bond acceptors (Lipinski definition) is 2. The molecule has 0 bridgehead atoms.